The maximum Gasteiger partial charge on any atom is 0.0403 e. The lowest BCUT2D eigenvalue weighted by Gasteiger charge is -2.44. The topological polar surface area (TPSA) is 3.24 Å². The van der Waals surface area contributed by atoms with E-state index in [0.29, 0.717) is 0 Å². The van der Waals surface area contributed by atoms with Crippen molar-refractivity contribution in [2.75, 3.05) is 4.90 Å². The number of para-hydroxylation sites is 1. The minimum absolute atomic E-state index is 0.730. The fourth-order valence-electron chi connectivity index (χ4n) is 3.63. The molecule has 0 amide bonds. The largest absolute Gasteiger partial charge is 0.366 e. The zero-order chi connectivity index (χ0) is 11.7. The van der Waals surface area contributed by atoms with Gasteiger partial charge in [-0.1, -0.05) is 37.5 Å². The lowest BCUT2D eigenvalue weighted by atomic mass is 9.88. The van der Waals surface area contributed by atoms with E-state index in [9.17, 15) is 0 Å². The lowest BCUT2D eigenvalue weighted by Crippen LogP contribution is -2.45. The van der Waals surface area contributed by atoms with Gasteiger partial charge < -0.3 is 4.90 Å². The van der Waals surface area contributed by atoms with Crippen LogP contribution in [-0.2, 0) is 6.42 Å². The van der Waals surface area contributed by atoms with E-state index in [0.717, 1.165) is 12.1 Å². The number of nitrogens with zero attached hydrogens (tertiary/aromatic N) is 1. The molecule has 1 unspecified atom stereocenters. The van der Waals surface area contributed by atoms with Gasteiger partial charge in [-0.2, -0.15) is 0 Å². The number of anilines is 1. The Hall–Kier alpha value is -0.980. The molecule has 0 bridgehead atoms. The van der Waals surface area contributed by atoms with Crippen LogP contribution in [-0.4, -0.2) is 12.1 Å². The van der Waals surface area contributed by atoms with Gasteiger partial charge in [-0.25, -0.2) is 0 Å². The van der Waals surface area contributed by atoms with Crippen LogP contribution in [0.4, 0.5) is 5.69 Å². The summed E-state index contributed by atoms with van der Waals surface area (Å²) >= 11 is 0. The van der Waals surface area contributed by atoms with Gasteiger partial charge in [-0.15, -0.1) is 0 Å². The molecule has 1 aliphatic heterocycles. The highest BCUT2D eigenvalue weighted by molar-refractivity contribution is 5.57. The molecule has 0 radical (unpaired) electrons. The van der Waals surface area contributed by atoms with Crippen LogP contribution in [0.15, 0.2) is 24.3 Å². The molecule has 2 aliphatic rings. The zero-order valence-electron chi connectivity index (χ0n) is 10.9. The number of fused-ring (bicyclic) bond motifs is 1. The third-order valence-corrected chi connectivity index (χ3v) is 4.54. The predicted octanol–water partition coefficient (Wildman–Crippen LogP) is 4.16. The molecular formula is C16H23N. The van der Waals surface area contributed by atoms with Gasteiger partial charge in [0.2, 0.25) is 0 Å². The van der Waals surface area contributed by atoms with Gasteiger partial charge in [0, 0.05) is 17.8 Å². The average Bonchev–Trinajstić information content (AvgIpc) is 2.39. The van der Waals surface area contributed by atoms with Crippen molar-refractivity contribution >= 4 is 5.69 Å². The molecule has 3 rings (SSSR count). The van der Waals surface area contributed by atoms with Crippen molar-refractivity contribution in [1.29, 1.82) is 0 Å². The van der Waals surface area contributed by atoms with Gasteiger partial charge in [0.05, 0.1) is 0 Å². The molecule has 1 aromatic rings. The Bertz CT molecular complexity index is 379. The molecule has 1 heteroatoms. The molecule has 1 heterocycles. The zero-order valence-corrected chi connectivity index (χ0v) is 10.9. The molecule has 1 aliphatic carbocycles. The number of hydrogen-bond donors (Lipinski definition) is 0. The summed E-state index contributed by atoms with van der Waals surface area (Å²) in [6, 6.07) is 10.6. The van der Waals surface area contributed by atoms with E-state index in [-0.39, 0.29) is 0 Å². The molecule has 17 heavy (non-hydrogen) atoms. The van der Waals surface area contributed by atoms with Crippen molar-refractivity contribution in [2.24, 2.45) is 0 Å². The predicted molar refractivity (Wildman–Crippen MR) is 73.6 cm³/mol. The van der Waals surface area contributed by atoms with Gasteiger partial charge in [0.25, 0.3) is 0 Å². The maximum atomic E-state index is 2.73. The summed E-state index contributed by atoms with van der Waals surface area (Å²) in [5.41, 5.74) is 3.09. The first-order chi connectivity index (χ1) is 8.36. The first-order valence-corrected chi connectivity index (χ1v) is 7.22. The van der Waals surface area contributed by atoms with E-state index in [1.807, 2.05) is 0 Å². The molecule has 0 N–H and O–H groups in total. The fourth-order valence-corrected chi connectivity index (χ4v) is 3.63. The monoisotopic (exact) mass is 229 g/mol. The number of rotatable bonds is 1. The summed E-state index contributed by atoms with van der Waals surface area (Å²) in [7, 11) is 0. The van der Waals surface area contributed by atoms with Crippen LogP contribution in [0.25, 0.3) is 0 Å². The third kappa shape index (κ3) is 2.08. The van der Waals surface area contributed by atoms with Crippen molar-refractivity contribution in [3.63, 3.8) is 0 Å². The highest BCUT2D eigenvalue weighted by Gasteiger charge is 2.29. The second-order valence-electron chi connectivity index (χ2n) is 5.72. The smallest absolute Gasteiger partial charge is 0.0403 e. The summed E-state index contributed by atoms with van der Waals surface area (Å²) in [6.45, 7) is 2.41. The molecule has 92 valence electrons. The van der Waals surface area contributed by atoms with E-state index >= 15 is 0 Å². The molecule has 1 atom stereocenters. The van der Waals surface area contributed by atoms with Crippen molar-refractivity contribution in [3.8, 4) is 0 Å². The molecular weight excluding hydrogens is 206 g/mol. The highest BCUT2D eigenvalue weighted by atomic mass is 15.2. The first kappa shape index (κ1) is 11.1. The Balaban J connectivity index is 1.91. The first-order valence-electron chi connectivity index (χ1n) is 7.22. The van der Waals surface area contributed by atoms with Crippen LogP contribution in [0.3, 0.4) is 0 Å². The van der Waals surface area contributed by atoms with E-state index in [1.54, 1.807) is 5.56 Å². The van der Waals surface area contributed by atoms with Crippen molar-refractivity contribution in [3.05, 3.63) is 29.8 Å². The molecule has 1 nitrogen and oxygen atoms in total. The molecule has 1 saturated carbocycles. The lowest BCUT2D eigenvalue weighted by molar-refractivity contribution is 0.379. The molecule has 1 aromatic carbocycles. The fraction of sp³-hybridized carbons (Fsp3) is 0.625. The Kier molecular flexibility index (Phi) is 3.09. The Morgan fingerprint density at radius 1 is 1.00 bits per heavy atom. The van der Waals surface area contributed by atoms with Gasteiger partial charge in [-0.05, 0) is 44.2 Å². The van der Waals surface area contributed by atoms with E-state index < -0.39 is 0 Å². The SMILES string of the molecule is CC1CCc2ccccc2N1C1CCCCC1. The normalized spacial score (nSPS) is 25.7. The van der Waals surface area contributed by atoms with Crippen LogP contribution < -0.4 is 4.90 Å². The molecule has 0 spiro atoms. The molecule has 0 saturated heterocycles. The van der Waals surface area contributed by atoms with Crippen LogP contribution in [0.1, 0.15) is 51.0 Å². The van der Waals surface area contributed by atoms with Gasteiger partial charge >= 0.3 is 0 Å². The van der Waals surface area contributed by atoms with Crippen LogP contribution in [0, 0.1) is 0 Å². The highest BCUT2D eigenvalue weighted by Crippen LogP contribution is 2.36. The van der Waals surface area contributed by atoms with Crippen LogP contribution in [0.5, 0.6) is 0 Å². The van der Waals surface area contributed by atoms with Gasteiger partial charge in [-0.3, -0.25) is 0 Å². The second-order valence-corrected chi connectivity index (χ2v) is 5.72. The van der Waals surface area contributed by atoms with E-state index in [4.69, 9.17) is 0 Å². The minimum Gasteiger partial charge on any atom is -0.366 e. The summed E-state index contributed by atoms with van der Waals surface area (Å²) < 4.78 is 0. The van der Waals surface area contributed by atoms with Crippen molar-refractivity contribution in [2.45, 2.75) is 64.0 Å². The maximum absolute atomic E-state index is 2.73. The summed E-state index contributed by atoms with van der Waals surface area (Å²) in [4.78, 5) is 2.73. The summed E-state index contributed by atoms with van der Waals surface area (Å²) in [6.07, 6.45) is 9.69. The third-order valence-electron chi connectivity index (χ3n) is 4.54. The summed E-state index contributed by atoms with van der Waals surface area (Å²) in [5, 5.41) is 0. The molecule has 0 aromatic heterocycles. The van der Waals surface area contributed by atoms with Crippen LogP contribution >= 0.6 is 0 Å². The van der Waals surface area contributed by atoms with E-state index in [2.05, 4.69) is 36.1 Å². The van der Waals surface area contributed by atoms with Gasteiger partial charge in [0.1, 0.15) is 0 Å². The number of hydrogen-bond acceptors (Lipinski definition) is 1. The average molecular weight is 229 g/mol. The summed E-state index contributed by atoms with van der Waals surface area (Å²) in [5.74, 6) is 0. The quantitative estimate of drug-likeness (QED) is 0.699. The van der Waals surface area contributed by atoms with Gasteiger partial charge in [0.15, 0.2) is 0 Å². The van der Waals surface area contributed by atoms with Crippen LogP contribution in [0.2, 0.25) is 0 Å². The number of aryl methyl sites for hydroxylation is 1. The Morgan fingerprint density at radius 3 is 2.59 bits per heavy atom. The number of benzene rings is 1. The Labute approximate surface area is 105 Å². The minimum atomic E-state index is 0.730. The van der Waals surface area contributed by atoms with Crippen molar-refractivity contribution < 1.29 is 0 Å². The Morgan fingerprint density at radius 2 is 1.76 bits per heavy atom. The standard InChI is InChI=1S/C16H23N/c1-13-11-12-14-7-5-6-10-16(14)17(13)15-8-3-2-4-9-15/h5-7,10,13,15H,2-4,8-9,11-12H2,1H3. The molecule has 1 fully saturated rings. The van der Waals surface area contributed by atoms with Crippen molar-refractivity contribution in [1.82, 2.24) is 0 Å². The second kappa shape index (κ2) is 4.72. The van der Waals surface area contributed by atoms with E-state index in [1.165, 1.54) is 50.6 Å².